The Morgan fingerprint density at radius 3 is 2.91 bits per heavy atom. The number of halogens is 1. The van der Waals surface area contributed by atoms with Gasteiger partial charge in [-0.05, 0) is 30.2 Å². The number of fused-ring (bicyclic) bond motifs is 1. The molecular formula is C15H12ClN3O3. The number of aryl methyl sites for hydroxylation is 1. The molecule has 0 unspecified atom stereocenters. The lowest BCUT2D eigenvalue weighted by molar-refractivity contribution is -0.137. The fourth-order valence-electron chi connectivity index (χ4n) is 2.35. The molecule has 3 aromatic rings. The van der Waals surface area contributed by atoms with Gasteiger partial charge >= 0.3 is 5.97 Å². The zero-order valence-electron chi connectivity index (χ0n) is 11.6. The van der Waals surface area contributed by atoms with E-state index < -0.39 is 18.1 Å². The number of hydrogen-bond donors (Lipinski definition) is 2. The number of nitrogens with one attached hydrogen (secondary N) is 1. The van der Waals surface area contributed by atoms with E-state index in [2.05, 4.69) is 9.97 Å². The zero-order valence-corrected chi connectivity index (χ0v) is 12.4. The molecule has 0 saturated heterocycles. The van der Waals surface area contributed by atoms with Crippen molar-refractivity contribution in [2.75, 3.05) is 0 Å². The van der Waals surface area contributed by atoms with Crippen molar-refractivity contribution >= 4 is 28.6 Å². The summed E-state index contributed by atoms with van der Waals surface area (Å²) in [5, 5.41) is 9.87. The van der Waals surface area contributed by atoms with Crippen molar-refractivity contribution in [3.05, 3.63) is 51.7 Å². The van der Waals surface area contributed by atoms with E-state index in [-0.39, 0.29) is 0 Å². The molecule has 3 rings (SSSR count). The number of H-pyrrole nitrogens is 1. The Bertz CT molecular complexity index is 943. The van der Waals surface area contributed by atoms with Gasteiger partial charge in [0.25, 0.3) is 5.56 Å². The molecule has 112 valence electrons. The van der Waals surface area contributed by atoms with Gasteiger partial charge in [-0.3, -0.25) is 14.2 Å². The minimum absolute atomic E-state index is 0.366. The quantitative estimate of drug-likeness (QED) is 0.776. The normalized spacial score (nSPS) is 11.0. The van der Waals surface area contributed by atoms with Crippen LogP contribution in [0.5, 0.6) is 0 Å². The lowest BCUT2D eigenvalue weighted by atomic mass is 10.0. The van der Waals surface area contributed by atoms with Crippen LogP contribution in [0.4, 0.5) is 0 Å². The average molecular weight is 318 g/mol. The highest BCUT2D eigenvalue weighted by atomic mass is 35.5. The third-order valence-electron chi connectivity index (χ3n) is 3.43. The molecule has 0 amide bonds. The van der Waals surface area contributed by atoms with Crippen LogP contribution in [-0.4, -0.2) is 25.6 Å². The highest BCUT2D eigenvalue weighted by Crippen LogP contribution is 2.28. The first-order chi connectivity index (χ1) is 10.5. The van der Waals surface area contributed by atoms with Gasteiger partial charge in [-0.25, -0.2) is 4.98 Å². The van der Waals surface area contributed by atoms with E-state index in [0.717, 1.165) is 15.7 Å². The largest absolute Gasteiger partial charge is 0.480 e. The van der Waals surface area contributed by atoms with Gasteiger partial charge in [0.2, 0.25) is 0 Å². The first-order valence-corrected chi connectivity index (χ1v) is 6.90. The summed E-state index contributed by atoms with van der Waals surface area (Å²) in [4.78, 5) is 30.3. The highest BCUT2D eigenvalue weighted by Gasteiger charge is 2.14. The molecular weight excluding hydrogens is 306 g/mol. The summed E-state index contributed by atoms with van der Waals surface area (Å²) in [6.07, 6.45) is 2.92. The number of aromatic amines is 1. The topological polar surface area (TPSA) is 88.0 Å². The molecule has 0 aliphatic heterocycles. The van der Waals surface area contributed by atoms with Gasteiger partial charge in [-0.15, -0.1) is 0 Å². The first-order valence-electron chi connectivity index (χ1n) is 6.52. The van der Waals surface area contributed by atoms with Crippen LogP contribution in [0.15, 0.2) is 35.5 Å². The van der Waals surface area contributed by atoms with Gasteiger partial charge in [0, 0.05) is 16.8 Å². The van der Waals surface area contributed by atoms with E-state index in [1.165, 1.54) is 6.33 Å². The Morgan fingerprint density at radius 1 is 1.45 bits per heavy atom. The van der Waals surface area contributed by atoms with Crippen LogP contribution < -0.4 is 5.56 Å². The molecule has 2 heterocycles. The summed E-state index contributed by atoms with van der Waals surface area (Å²) in [6, 6.07) is 5.45. The smallest absolute Gasteiger partial charge is 0.323 e. The lowest BCUT2D eigenvalue weighted by Gasteiger charge is -2.05. The third kappa shape index (κ3) is 2.37. The monoisotopic (exact) mass is 317 g/mol. The predicted molar refractivity (Wildman–Crippen MR) is 83.2 cm³/mol. The number of aliphatic carboxylic acids is 1. The van der Waals surface area contributed by atoms with Crippen LogP contribution >= 0.6 is 11.6 Å². The molecule has 0 fully saturated rings. The number of nitrogens with zero attached hydrogens (tertiary/aromatic N) is 2. The summed E-state index contributed by atoms with van der Waals surface area (Å²) >= 11 is 6.02. The number of carboxylic acids is 1. The molecule has 0 aliphatic carbocycles. The number of hydrogen-bond acceptors (Lipinski definition) is 3. The molecule has 0 aliphatic rings. The molecule has 1 aromatic carbocycles. The Kier molecular flexibility index (Phi) is 3.46. The van der Waals surface area contributed by atoms with E-state index in [1.807, 2.05) is 19.1 Å². The Balaban J connectivity index is 2.24. The van der Waals surface area contributed by atoms with Crippen molar-refractivity contribution in [2.45, 2.75) is 13.5 Å². The number of carbonyl (C=O) groups is 1. The second-order valence-corrected chi connectivity index (χ2v) is 5.37. The lowest BCUT2D eigenvalue weighted by Crippen LogP contribution is -2.24. The van der Waals surface area contributed by atoms with Crippen LogP contribution in [0.1, 0.15) is 5.56 Å². The maximum absolute atomic E-state index is 12.5. The maximum atomic E-state index is 12.5. The Morgan fingerprint density at radius 2 is 2.23 bits per heavy atom. The molecule has 2 N–H and O–H groups in total. The minimum atomic E-state index is -1.09. The predicted octanol–water partition coefficient (Wildman–Crippen LogP) is 2.44. The summed E-state index contributed by atoms with van der Waals surface area (Å²) in [7, 11) is 0. The van der Waals surface area contributed by atoms with Gasteiger partial charge in [-0.2, -0.15) is 0 Å². The Hall–Kier alpha value is -2.60. The fourth-order valence-corrected chi connectivity index (χ4v) is 2.47. The molecule has 2 aromatic heterocycles. The number of rotatable bonds is 3. The summed E-state index contributed by atoms with van der Waals surface area (Å²) in [5.74, 6) is -1.09. The van der Waals surface area contributed by atoms with E-state index in [9.17, 15) is 9.59 Å². The summed E-state index contributed by atoms with van der Waals surface area (Å²) in [5.41, 5.74) is 2.42. The van der Waals surface area contributed by atoms with Crippen molar-refractivity contribution in [1.82, 2.24) is 14.5 Å². The number of benzene rings is 1. The van der Waals surface area contributed by atoms with Crippen molar-refractivity contribution < 1.29 is 9.90 Å². The number of carboxylic acid groups (broad SMARTS) is 1. The second-order valence-electron chi connectivity index (χ2n) is 4.96. The van der Waals surface area contributed by atoms with Gasteiger partial charge in [0.05, 0.1) is 5.39 Å². The molecule has 6 nitrogen and oxygen atoms in total. The van der Waals surface area contributed by atoms with E-state index in [0.29, 0.717) is 21.6 Å². The fraction of sp³-hybridized carbons (Fsp3) is 0.133. The maximum Gasteiger partial charge on any atom is 0.323 e. The third-order valence-corrected chi connectivity index (χ3v) is 3.86. The van der Waals surface area contributed by atoms with Crippen LogP contribution in [0.2, 0.25) is 5.02 Å². The van der Waals surface area contributed by atoms with Crippen LogP contribution in [0, 0.1) is 6.92 Å². The standard InChI is InChI=1S/C15H12ClN3O3/c1-8-4-9(2-3-11(8)16)10-5-17-14-13(10)15(22)19(7-18-14)6-12(20)21/h2-5,7,17H,6H2,1H3,(H,20,21). The van der Waals surface area contributed by atoms with Gasteiger partial charge in [0.1, 0.15) is 18.5 Å². The highest BCUT2D eigenvalue weighted by molar-refractivity contribution is 6.31. The average Bonchev–Trinajstić information content (AvgIpc) is 2.89. The van der Waals surface area contributed by atoms with Gasteiger partial charge < -0.3 is 10.1 Å². The number of aromatic nitrogens is 3. The van der Waals surface area contributed by atoms with Crippen molar-refractivity contribution in [1.29, 1.82) is 0 Å². The summed E-state index contributed by atoms with van der Waals surface area (Å²) < 4.78 is 1.07. The minimum Gasteiger partial charge on any atom is -0.480 e. The zero-order chi connectivity index (χ0) is 15.9. The first kappa shape index (κ1) is 14.3. The van der Waals surface area contributed by atoms with Gasteiger partial charge in [-0.1, -0.05) is 17.7 Å². The van der Waals surface area contributed by atoms with E-state index in [1.54, 1.807) is 12.3 Å². The van der Waals surface area contributed by atoms with Crippen molar-refractivity contribution in [2.24, 2.45) is 0 Å². The molecule has 0 saturated carbocycles. The van der Waals surface area contributed by atoms with Crippen LogP contribution in [0.3, 0.4) is 0 Å². The Labute approximate surface area is 130 Å². The van der Waals surface area contributed by atoms with E-state index in [4.69, 9.17) is 16.7 Å². The molecule has 0 radical (unpaired) electrons. The summed E-state index contributed by atoms with van der Waals surface area (Å²) in [6.45, 7) is 1.45. The molecule has 0 atom stereocenters. The molecule has 0 bridgehead atoms. The van der Waals surface area contributed by atoms with Crippen molar-refractivity contribution in [3.63, 3.8) is 0 Å². The SMILES string of the molecule is Cc1cc(-c2c[nH]c3ncn(CC(=O)O)c(=O)c23)ccc1Cl. The molecule has 22 heavy (non-hydrogen) atoms. The molecule has 0 spiro atoms. The van der Waals surface area contributed by atoms with Gasteiger partial charge in [0.15, 0.2) is 0 Å². The van der Waals surface area contributed by atoms with Crippen LogP contribution in [-0.2, 0) is 11.3 Å². The van der Waals surface area contributed by atoms with E-state index >= 15 is 0 Å². The van der Waals surface area contributed by atoms with Crippen molar-refractivity contribution in [3.8, 4) is 11.1 Å². The second kappa shape index (κ2) is 5.31. The van der Waals surface area contributed by atoms with Crippen LogP contribution in [0.25, 0.3) is 22.2 Å². The molecule has 7 heteroatoms.